The first-order chi connectivity index (χ1) is 19.2. The molecule has 1 fully saturated rings. The Morgan fingerprint density at radius 2 is 1.35 bits per heavy atom. The molecule has 0 radical (unpaired) electrons. The van der Waals surface area contributed by atoms with Crippen LogP contribution >= 0.6 is 0 Å². The van der Waals surface area contributed by atoms with E-state index in [4.69, 9.17) is 0 Å². The van der Waals surface area contributed by atoms with Gasteiger partial charge in [0.05, 0.1) is 10.1 Å². The minimum atomic E-state index is -3.66. The van der Waals surface area contributed by atoms with Crippen molar-refractivity contribution in [1.82, 2.24) is 19.4 Å². The van der Waals surface area contributed by atoms with E-state index in [0.717, 1.165) is 35.2 Å². The van der Waals surface area contributed by atoms with Crippen molar-refractivity contribution in [2.45, 2.75) is 43.0 Å². The summed E-state index contributed by atoms with van der Waals surface area (Å²) < 4.78 is 54.7. The van der Waals surface area contributed by atoms with Crippen molar-refractivity contribution in [2.75, 3.05) is 10.6 Å². The highest BCUT2D eigenvalue weighted by molar-refractivity contribution is 7.90. The average molecular weight is 579 g/mol. The highest BCUT2D eigenvalue weighted by atomic mass is 32.2. The van der Waals surface area contributed by atoms with Gasteiger partial charge in [0.2, 0.25) is 26.0 Å². The zero-order valence-electron chi connectivity index (χ0n) is 21.8. The molecule has 0 aliphatic heterocycles. The maximum absolute atomic E-state index is 12.7. The fourth-order valence-corrected chi connectivity index (χ4v) is 6.23. The second-order valence-electron chi connectivity index (χ2n) is 9.57. The number of aromatic nitrogens is 2. The summed E-state index contributed by atoms with van der Waals surface area (Å²) in [7, 11) is -6.89. The third-order valence-corrected chi connectivity index (χ3v) is 9.67. The Kier molecular flexibility index (Phi) is 8.12. The van der Waals surface area contributed by atoms with E-state index in [1.165, 1.54) is 12.1 Å². The van der Waals surface area contributed by atoms with E-state index < -0.39 is 20.0 Å². The lowest BCUT2D eigenvalue weighted by Crippen LogP contribution is -2.26. The molecule has 1 saturated carbocycles. The van der Waals surface area contributed by atoms with Crippen LogP contribution in [0, 0.1) is 6.92 Å². The van der Waals surface area contributed by atoms with Crippen LogP contribution in [0.1, 0.15) is 29.5 Å². The van der Waals surface area contributed by atoms with Gasteiger partial charge in [0, 0.05) is 36.2 Å². The van der Waals surface area contributed by atoms with Gasteiger partial charge in [-0.2, -0.15) is 4.98 Å². The summed E-state index contributed by atoms with van der Waals surface area (Å²) in [5.74, 6) is 0.945. The monoisotopic (exact) mass is 578 g/mol. The summed E-state index contributed by atoms with van der Waals surface area (Å²) in [5.41, 5.74) is 3.99. The fraction of sp³-hybridized carbons (Fsp3) is 0.214. The number of hydrogen-bond acceptors (Lipinski definition) is 8. The number of rotatable bonds is 12. The number of hydrogen-bond donors (Lipinski definition) is 4. The van der Waals surface area contributed by atoms with Gasteiger partial charge in [-0.15, -0.1) is 0 Å². The summed E-state index contributed by atoms with van der Waals surface area (Å²) in [4.78, 5) is 9.05. The molecule has 208 valence electrons. The molecular weight excluding hydrogens is 548 g/mol. The topological polar surface area (TPSA) is 142 Å². The van der Waals surface area contributed by atoms with Gasteiger partial charge in [0.1, 0.15) is 5.82 Å². The first-order valence-corrected chi connectivity index (χ1v) is 15.8. The van der Waals surface area contributed by atoms with Crippen LogP contribution in [-0.4, -0.2) is 32.1 Å². The van der Waals surface area contributed by atoms with Gasteiger partial charge in [-0.1, -0.05) is 42.5 Å². The van der Waals surface area contributed by atoms with Crippen LogP contribution in [0.15, 0.2) is 90.0 Å². The second kappa shape index (κ2) is 11.7. The van der Waals surface area contributed by atoms with Crippen LogP contribution in [0.4, 0.5) is 23.1 Å². The summed E-state index contributed by atoms with van der Waals surface area (Å²) in [5, 5.41) is 6.13. The van der Waals surface area contributed by atoms with Crippen molar-refractivity contribution in [3.63, 3.8) is 0 Å². The number of aryl methyl sites for hydroxylation is 1. The van der Waals surface area contributed by atoms with Crippen molar-refractivity contribution in [2.24, 2.45) is 0 Å². The molecule has 1 aliphatic carbocycles. The van der Waals surface area contributed by atoms with Gasteiger partial charge < -0.3 is 10.6 Å². The number of benzene rings is 3. The van der Waals surface area contributed by atoms with Crippen molar-refractivity contribution in [3.05, 3.63) is 102 Å². The maximum Gasteiger partial charge on any atom is 0.240 e. The molecule has 0 unspecified atom stereocenters. The second-order valence-corrected chi connectivity index (χ2v) is 13.4. The molecule has 4 N–H and O–H groups in total. The molecule has 3 aromatic carbocycles. The Bertz CT molecular complexity index is 1680. The third-order valence-electron chi connectivity index (χ3n) is 6.36. The van der Waals surface area contributed by atoms with Gasteiger partial charge in [-0.3, -0.25) is 0 Å². The molecule has 0 atom stereocenters. The first kappa shape index (κ1) is 27.7. The van der Waals surface area contributed by atoms with Gasteiger partial charge >= 0.3 is 0 Å². The van der Waals surface area contributed by atoms with Crippen LogP contribution in [0.3, 0.4) is 0 Å². The number of sulfonamides is 2. The lowest BCUT2D eigenvalue weighted by atomic mass is 10.2. The Morgan fingerprint density at radius 1 is 0.750 bits per heavy atom. The summed E-state index contributed by atoms with van der Waals surface area (Å²) in [6.45, 7) is 2.34. The minimum Gasteiger partial charge on any atom is -0.340 e. The lowest BCUT2D eigenvalue weighted by molar-refractivity contribution is 0.579. The van der Waals surface area contributed by atoms with E-state index in [0.29, 0.717) is 17.5 Å². The van der Waals surface area contributed by atoms with E-state index >= 15 is 0 Å². The SMILES string of the molecule is Cc1cnc(Nc2ccc(S(=O)(=O)NCc3ccccc3)cc2)nc1Nc1ccc(CNS(=O)(=O)C2CC2)cc1. The van der Waals surface area contributed by atoms with E-state index in [1.54, 1.807) is 18.3 Å². The van der Waals surface area contributed by atoms with Crippen LogP contribution in [0.25, 0.3) is 0 Å². The molecule has 12 heteroatoms. The van der Waals surface area contributed by atoms with Gasteiger partial charge in [-0.25, -0.2) is 31.3 Å². The van der Waals surface area contributed by atoms with E-state index in [-0.39, 0.29) is 23.2 Å². The molecule has 1 aromatic heterocycles. The van der Waals surface area contributed by atoms with E-state index in [2.05, 4.69) is 30.0 Å². The van der Waals surface area contributed by atoms with Gasteiger partial charge in [0.25, 0.3) is 0 Å². The fourth-order valence-electron chi connectivity index (χ4n) is 3.86. The van der Waals surface area contributed by atoms with Gasteiger partial charge in [0.15, 0.2) is 0 Å². The molecule has 0 amide bonds. The highest BCUT2D eigenvalue weighted by Crippen LogP contribution is 2.28. The summed E-state index contributed by atoms with van der Waals surface area (Å²) in [6.07, 6.45) is 3.14. The Hall–Kier alpha value is -3.84. The largest absolute Gasteiger partial charge is 0.340 e. The van der Waals surface area contributed by atoms with Crippen LogP contribution < -0.4 is 20.1 Å². The Morgan fingerprint density at radius 3 is 2.02 bits per heavy atom. The quantitative estimate of drug-likeness (QED) is 0.195. The van der Waals surface area contributed by atoms with E-state index in [1.807, 2.05) is 61.5 Å². The average Bonchev–Trinajstić information content (AvgIpc) is 3.81. The van der Waals surface area contributed by atoms with E-state index in [9.17, 15) is 16.8 Å². The van der Waals surface area contributed by atoms with Crippen LogP contribution in [-0.2, 0) is 33.1 Å². The molecule has 10 nitrogen and oxygen atoms in total. The van der Waals surface area contributed by atoms with Crippen molar-refractivity contribution >= 4 is 43.2 Å². The molecule has 5 rings (SSSR count). The van der Waals surface area contributed by atoms with Crippen molar-refractivity contribution in [3.8, 4) is 0 Å². The molecule has 0 bridgehead atoms. The Balaban J connectivity index is 1.19. The molecule has 4 aromatic rings. The maximum atomic E-state index is 12.7. The summed E-state index contributed by atoms with van der Waals surface area (Å²) >= 11 is 0. The smallest absolute Gasteiger partial charge is 0.240 e. The van der Waals surface area contributed by atoms with Crippen molar-refractivity contribution < 1.29 is 16.8 Å². The predicted octanol–water partition coefficient (Wildman–Crippen LogP) is 4.33. The molecular formula is C28H30N6O4S2. The lowest BCUT2D eigenvalue weighted by Gasteiger charge is -2.12. The number of anilines is 4. The molecule has 1 aliphatic rings. The predicted molar refractivity (Wildman–Crippen MR) is 155 cm³/mol. The molecule has 1 heterocycles. The molecule has 40 heavy (non-hydrogen) atoms. The van der Waals surface area contributed by atoms with Gasteiger partial charge in [-0.05, 0) is 67.3 Å². The van der Waals surface area contributed by atoms with Crippen LogP contribution in [0.5, 0.6) is 0 Å². The number of nitrogens with zero attached hydrogens (tertiary/aromatic N) is 2. The molecule has 0 spiro atoms. The van der Waals surface area contributed by atoms with Crippen LogP contribution in [0.2, 0.25) is 0 Å². The number of nitrogens with one attached hydrogen (secondary N) is 4. The molecule has 0 saturated heterocycles. The standard InChI is InChI=1S/C28H30N6O4S2/c1-20-17-29-28(33-24-11-13-25(14-12-24)39(35,36)30-18-21-5-3-2-4-6-21)34-27(20)32-23-9-7-22(8-10-23)19-31-40(37,38)26-15-16-26/h2-14,17,26,30-31H,15-16,18-19H2,1H3,(H2,29,32,33,34). The first-order valence-electron chi connectivity index (χ1n) is 12.8. The van der Waals surface area contributed by atoms with Crippen molar-refractivity contribution in [1.29, 1.82) is 0 Å². The zero-order chi connectivity index (χ0) is 28.2. The zero-order valence-corrected chi connectivity index (χ0v) is 23.5. The Labute approximate surface area is 234 Å². The normalized spacial score (nSPS) is 13.6. The minimum absolute atomic E-state index is 0.157. The summed E-state index contributed by atoms with van der Waals surface area (Å²) in [6, 6.07) is 23.1. The third kappa shape index (κ3) is 7.21. The highest BCUT2D eigenvalue weighted by Gasteiger charge is 2.35.